The third-order valence-electron chi connectivity index (χ3n) is 3.45. The Labute approximate surface area is 116 Å². The van der Waals surface area contributed by atoms with Gasteiger partial charge in [0.25, 0.3) is 0 Å². The molecule has 1 aromatic carbocycles. The molecule has 0 fully saturated rings. The molecule has 0 aromatic heterocycles. The van der Waals surface area contributed by atoms with Gasteiger partial charge in [0.05, 0.1) is 12.7 Å². The van der Waals surface area contributed by atoms with Crippen LogP contribution in [0.2, 0.25) is 0 Å². The Bertz CT molecular complexity index is 431. The van der Waals surface area contributed by atoms with Crippen LogP contribution in [0.25, 0.3) is 0 Å². The molecule has 0 bridgehead atoms. The molecule has 0 saturated heterocycles. The van der Waals surface area contributed by atoms with Crippen LogP contribution in [-0.4, -0.2) is 30.9 Å². The minimum absolute atomic E-state index is 0.0381. The molecule has 0 aliphatic heterocycles. The lowest BCUT2D eigenvalue weighted by Gasteiger charge is -2.24. The summed E-state index contributed by atoms with van der Waals surface area (Å²) in [5.41, 5.74) is 7.34. The number of hydrogen-bond acceptors (Lipinski definition) is 3. The molecule has 0 radical (unpaired) electrons. The van der Waals surface area contributed by atoms with Crippen molar-refractivity contribution in [3.05, 3.63) is 29.3 Å². The van der Waals surface area contributed by atoms with Crippen molar-refractivity contribution in [3.63, 3.8) is 0 Å². The number of benzene rings is 1. The molecule has 1 aromatic rings. The van der Waals surface area contributed by atoms with E-state index in [1.54, 1.807) is 7.11 Å². The number of amidine groups is 1. The van der Waals surface area contributed by atoms with Crippen LogP contribution in [-0.2, 0) is 6.54 Å². The van der Waals surface area contributed by atoms with Crippen molar-refractivity contribution in [1.29, 1.82) is 5.41 Å². The van der Waals surface area contributed by atoms with Crippen molar-refractivity contribution in [2.24, 2.45) is 5.73 Å². The van der Waals surface area contributed by atoms with Gasteiger partial charge >= 0.3 is 0 Å². The number of rotatable bonds is 7. The number of methoxy groups -OCH3 is 1. The summed E-state index contributed by atoms with van der Waals surface area (Å²) >= 11 is 0. The lowest BCUT2D eigenvalue weighted by Crippen LogP contribution is -2.28. The lowest BCUT2D eigenvalue weighted by molar-refractivity contribution is 0.236. The van der Waals surface area contributed by atoms with Crippen LogP contribution in [0.3, 0.4) is 0 Å². The summed E-state index contributed by atoms with van der Waals surface area (Å²) in [6.07, 6.45) is 2.39. The normalized spacial score (nSPS) is 12.5. The molecule has 1 atom stereocenters. The molecule has 1 unspecified atom stereocenters. The Morgan fingerprint density at radius 2 is 2.16 bits per heavy atom. The van der Waals surface area contributed by atoms with Gasteiger partial charge in [-0.3, -0.25) is 10.3 Å². The van der Waals surface area contributed by atoms with Crippen LogP contribution >= 0.6 is 0 Å². The van der Waals surface area contributed by atoms with Crippen LogP contribution in [0.4, 0.5) is 0 Å². The third-order valence-corrected chi connectivity index (χ3v) is 3.45. The SMILES string of the molecule is CCCC(C)N(C)Cc1ccc(C(=N)N)c(OC)c1. The number of nitrogens with zero attached hydrogens (tertiary/aromatic N) is 1. The van der Waals surface area contributed by atoms with E-state index in [1.165, 1.54) is 18.4 Å². The van der Waals surface area contributed by atoms with Crippen molar-refractivity contribution in [2.45, 2.75) is 39.3 Å². The second-order valence-electron chi connectivity index (χ2n) is 5.00. The number of nitrogen functional groups attached to an aromatic ring is 1. The minimum atomic E-state index is 0.0381. The molecule has 106 valence electrons. The molecule has 19 heavy (non-hydrogen) atoms. The van der Waals surface area contributed by atoms with Gasteiger partial charge in [-0.15, -0.1) is 0 Å². The van der Waals surface area contributed by atoms with Gasteiger partial charge in [-0.2, -0.15) is 0 Å². The largest absolute Gasteiger partial charge is 0.496 e. The van der Waals surface area contributed by atoms with Crippen molar-refractivity contribution in [2.75, 3.05) is 14.2 Å². The Balaban J connectivity index is 2.82. The fraction of sp³-hybridized carbons (Fsp3) is 0.533. The highest BCUT2D eigenvalue weighted by atomic mass is 16.5. The van der Waals surface area contributed by atoms with E-state index in [9.17, 15) is 0 Å². The zero-order valence-corrected chi connectivity index (χ0v) is 12.4. The van der Waals surface area contributed by atoms with Gasteiger partial charge in [-0.05, 0) is 38.1 Å². The van der Waals surface area contributed by atoms with Gasteiger partial charge in [-0.1, -0.05) is 19.4 Å². The Morgan fingerprint density at radius 3 is 2.68 bits per heavy atom. The van der Waals surface area contributed by atoms with Gasteiger partial charge in [0, 0.05) is 12.6 Å². The summed E-state index contributed by atoms with van der Waals surface area (Å²) in [7, 11) is 3.74. The first-order chi connectivity index (χ1) is 8.99. The minimum Gasteiger partial charge on any atom is -0.496 e. The number of nitrogens with one attached hydrogen (secondary N) is 1. The van der Waals surface area contributed by atoms with Gasteiger partial charge < -0.3 is 10.5 Å². The van der Waals surface area contributed by atoms with E-state index in [4.69, 9.17) is 15.9 Å². The van der Waals surface area contributed by atoms with Crippen LogP contribution in [0.1, 0.15) is 37.8 Å². The van der Waals surface area contributed by atoms with E-state index < -0.39 is 0 Å². The quantitative estimate of drug-likeness (QED) is 0.587. The Hall–Kier alpha value is -1.55. The summed E-state index contributed by atoms with van der Waals surface area (Å²) in [6, 6.07) is 6.39. The van der Waals surface area contributed by atoms with Gasteiger partial charge in [0.15, 0.2) is 0 Å². The van der Waals surface area contributed by atoms with Gasteiger partial charge in [0.2, 0.25) is 0 Å². The summed E-state index contributed by atoms with van der Waals surface area (Å²) in [4.78, 5) is 2.33. The van der Waals surface area contributed by atoms with Crippen LogP contribution in [0, 0.1) is 5.41 Å². The molecule has 0 heterocycles. The summed E-state index contributed by atoms with van der Waals surface area (Å²) < 4.78 is 5.30. The number of ether oxygens (including phenoxy) is 1. The van der Waals surface area contributed by atoms with Crippen LogP contribution < -0.4 is 10.5 Å². The van der Waals surface area contributed by atoms with Gasteiger partial charge in [0.1, 0.15) is 11.6 Å². The topological polar surface area (TPSA) is 62.3 Å². The molecule has 4 heteroatoms. The fourth-order valence-electron chi connectivity index (χ4n) is 2.14. The predicted octanol–water partition coefficient (Wildman–Crippen LogP) is 2.60. The number of hydrogen-bond donors (Lipinski definition) is 2. The highest BCUT2D eigenvalue weighted by Crippen LogP contribution is 2.21. The van der Waals surface area contributed by atoms with E-state index in [1.807, 2.05) is 18.2 Å². The van der Waals surface area contributed by atoms with E-state index in [0.29, 0.717) is 17.4 Å². The summed E-state index contributed by atoms with van der Waals surface area (Å²) in [6.45, 7) is 5.31. The first-order valence-electron chi connectivity index (χ1n) is 6.71. The molecule has 0 amide bonds. The van der Waals surface area contributed by atoms with E-state index in [0.717, 1.165) is 6.54 Å². The Morgan fingerprint density at radius 1 is 1.47 bits per heavy atom. The lowest BCUT2D eigenvalue weighted by atomic mass is 10.1. The molecular formula is C15H25N3O. The smallest absolute Gasteiger partial charge is 0.130 e. The average molecular weight is 263 g/mol. The molecule has 0 aliphatic rings. The van der Waals surface area contributed by atoms with Crippen molar-refractivity contribution in [3.8, 4) is 5.75 Å². The maximum Gasteiger partial charge on any atom is 0.130 e. The predicted molar refractivity (Wildman–Crippen MR) is 79.8 cm³/mol. The fourth-order valence-corrected chi connectivity index (χ4v) is 2.14. The first kappa shape index (κ1) is 15.5. The highest BCUT2D eigenvalue weighted by molar-refractivity contribution is 5.97. The molecule has 0 spiro atoms. The van der Waals surface area contributed by atoms with E-state index >= 15 is 0 Å². The van der Waals surface area contributed by atoms with Crippen molar-refractivity contribution >= 4 is 5.84 Å². The second kappa shape index (κ2) is 7.14. The molecule has 4 nitrogen and oxygen atoms in total. The zero-order valence-electron chi connectivity index (χ0n) is 12.4. The monoisotopic (exact) mass is 263 g/mol. The maximum absolute atomic E-state index is 7.50. The third kappa shape index (κ3) is 4.24. The molecular weight excluding hydrogens is 238 g/mol. The Kier molecular flexibility index (Phi) is 5.83. The first-order valence-corrected chi connectivity index (χ1v) is 6.71. The molecule has 0 saturated carbocycles. The zero-order chi connectivity index (χ0) is 14.4. The molecule has 0 aliphatic carbocycles. The maximum atomic E-state index is 7.50. The van der Waals surface area contributed by atoms with Gasteiger partial charge in [-0.25, -0.2) is 0 Å². The summed E-state index contributed by atoms with van der Waals surface area (Å²) in [5.74, 6) is 0.706. The van der Waals surface area contributed by atoms with Crippen LogP contribution in [0.5, 0.6) is 5.75 Å². The molecule has 1 rings (SSSR count). The summed E-state index contributed by atoms with van der Waals surface area (Å²) in [5, 5.41) is 7.50. The van der Waals surface area contributed by atoms with E-state index in [2.05, 4.69) is 25.8 Å². The molecule has 3 N–H and O–H groups in total. The number of nitrogens with two attached hydrogens (primary N) is 1. The second-order valence-corrected chi connectivity index (χ2v) is 5.00. The van der Waals surface area contributed by atoms with Crippen molar-refractivity contribution in [1.82, 2.24) is 4.90 Å². The average Bonchev–Trinajstić information content (AvgIpc) is 2.38. The van der Waals surface area contributed by atoms with Crippen LogP contribution in [0.15, 0.2) is 18.2 Å². The highest BCUT2D eigenvalue weighted by Gasteiger charge is 2.11. The standard InChI is InChI=1S/C15H25N3O/c1-5-6-11(2)18(3)10-12-7-8-13(15(16)17)14(9-12)19-4/h7-9,11H,5-6,10H2,1-4H3,(H3,16,17). The van der Waals surface area contributed by atoms with E-state index in [-0.39, 0.29) is 5.84 Å². The van der Waals surface area contributed by atoms with Crippen molar-refractivity contribution < 1.29 is 4.74 Å².